The SMILES string of the molecule is N#C/C=C(/N)c1ccc2ccccc2n1. The third-order valence-electron chi connectivity index (χ3n) is 2.11. The second-order valence-corrected chi connectivity index (χ2v) is 3.12. The number of fused-ring (bicyclic) bond motifs is 1. The molecule has 0 saturated heterocycles. The monoisotopic (exact) mass is 195 g/mol. The lowest BCUT2D eigenvalue weighted by molar-refractivity contribution is 1.32. The molecule has 0 amide bonds. The number of rotatable bonds is 1. The second-order valence-electron chi connectivity index (χ2n) is 3.12. The van der Waals surface area contributed by atoms with Crippen molar-refractivity contribution in [3.05, 3.63) is 48.2 Å². The molecule has 2 N–H and O–H groups in total. The number of hydrogen-bond donors (Lipinski definition) is 1. The first kappa shape index (κ1) is 9.22. The Morgan fingerprint density at radius 1 is 1.27 bits per heavy atom. The minimum atomic E-state index is 0.392. The summed E-state index contributed by atoms with van der Waals surface area (Å²) in [6, 6.07) is 13.4. The van der Waals surface area contributed by atoms with Gasteiger partial charge in [-0.1, -0.05) is 24.3 Å². The Morgan fingerprint density at radius 2 is 2.07 bits per heavy atom. The van der Waals surface area contributed by atoms with Gasteiger partial charge in [0.2, 0.25) is 0 Å². The maximum absolute atomic E-state index is 8.48. The molecule has 2 rings (SSSR count). The van der Waals surface area contributed by atoms with Gasteiger partial charge in [-0.3, -0.25) is 0 Å². The number of pyridine rings is 1. The van der Waals surface area contributed by atoms with Crippen LogP contribution < -0.4 is 5.73 Å². The Hall–Kier alpha value is -2.34. The van der Waals surface area contributed by atoms with Crippen molar-refractivity contribution in [1.29, 1.82) is 5.26 Å². The zero-order valence-electron chi connectivity index (χ0n) is 8.01. The van der Waals surface area contributed by atoms with Crippen molar-refractivity contribution in [2.75, 3.05) is 0 Å². The average Bonchev–Trinajstić information content (AvgIpc) is 2.29. The predicted octanol–water partition coefficient (Wildman–Crippen LogP) is 2.06. The topological polar surface area (TPSA) is 62.7 Å². The van der Waals surface area contributed by atoms with Gasteiger partial charge in [0, 0.05) is 11.5 Å². The van der Waals surface area contributed by atoms with Gasteiger partial charge in [-0.25, -0.2) is 4.98 Å². The van der Waals surface area contributed by atoms with E-state index in [1.807, 2.05) is 42.5 Å². The lowest BCUT2D eigenvalue weighted by atomic mass is 10.2. The van der Waals surface area contributed by atoms with Crippen LogP contribution in [0.1, 0.15) is 5.69 Å². The van der Waals surface area contributed by atoms with Crippen molar-refractivity contribution in [2.45, 2.75) is 0 Å². The van der Waals surface area contributed by atoms with E-state index < -0.39 is 0 Å². The van der Waals surface area contributed by atoms with Gasteiger partial charge in [0.25, 0.3) is 0 Å². The van der Waals surface area contributed by atoms with Crippen molar-refractivity contribution in [3.8, 4) is 6.07 Å². The van der Waals surface area contributed by atoms with Gasteiger partial charge in [0.15, 0.2) is 0 Å². The van der Waals surface area contributed by atoms with E-state index in [0.29, 0.717) is 11.4 Å². The van der Waals surface area contributed by atoms with Crippen LogP contribution in [0.2, 0.25) is 0 Å². The van der Waals surface area contributed by atoms with Crippen LogP contribution in [0.5, 0.6) is 0 Å². The van der Waals surface area contributed by atoms with Crippen molar-refractivity contribution in [3.63, 3.8) is 0 Å². The highest BCUT2D eigenvalue weighted by Crippen LogP contribution is 2.14. The fourth-order valence-corrected chi connectivity index (χ4v) is 1.37. The molecule has 0 atom stereocenters. The number of nitrogens with zero attached hydrogens (tertiary/aromatic N) is 2. The molecule has 0 aliphatic carbocycles. The van der Waals surface area contributed by atoms with Crippen molar-refractivity contribution >= 4 is 16.6 Å². The fourth-order valence-electron chi connectivity index (χ4n) is 1.37. The molecule has 0 radical (unpaired) electrons. The summed E-state index contributed by atoms with van der Waals surface area (Å²) in [6.45, 7) is 0. The van der Waals surface area contributed by atoms with Crippen LogP contribution in [0, 0.1) is 11.3 Å². The summed E-state index contributed by atoms with van der Waals surface area (Å²) in [5, 5.41) is 9.54. The third kappa shape index (κ3) is 1.79. The van der Waals surface area contributed by atoms with E-state index >= 15 is 0 Å². The maximum atomic E-state index is 8.48. The Balaban J connectivity index is 2.57. The fraction of sp³-hybridized carbons (Fsp3) is 0. The van der Waals surface area contributed by atoms with Crippen LogP contribution in [0.15, 0.2) is 42.5 Å². The summed E-state index contributed by atoms with van der Waals surface area (Å²) >= 11 is 0. The Bertz CT molecular complexity index is 564. The van der Waals surface area contributed by atoms with Crippen molar-refractivity contribution in [2.24, 2.45) is 5.73 Å². The van der Waals surface area contributed by atoms with E-state index in [9.17, 15) is 0 Å². The van der Waals surface area contributed by atoms with E-state index in [1.165, 1.54) is 6.08 Å². The summed E-state index contributed by atoms with van der Waals surface area (Å²) in [5.41, 5.74) is 7.58. The molecule has 0 unspecified atom stereocenters. The summed E-state index contributed by atoms with van der Waals surface area (Å²) in [4.78, 5) is 4.35. The lowest BCUT2D eigenvalue weighted by Crippen LogP contribution is -1.98. The molecular formula is C12H9N3. The molecule has 0 bridgehead atoms. The lowest BCUT2D eigenvalue weighted by Gasteiger charge is -2.01. The highest BCUT2D eigenvalue weighted by atomic mass is 14.7. The van der Waals surface area contributed by atoms with E-state index in [1.54, 1.807) is 0 Å². The first-order valence-electron chi connectivity index (χ1n) is 4.52. The minimum absolute atomic E-state index is 0.392. The van der Waals surface area contributed by atoms with Crippen LogP contribution in [0.3, 0.4) is 0 Å². The number of hydrogen-bond acceptors (Lipinski definition) is 3. The number of aromatic nitrogens is 1. The summed E-state index contributed by atoms with van der Waals surface area (Å²) in [6.07, 6.45) is 1.29. The Morgan fingerprint density at radius 3 is 2.87 bits per heavy atom. The number of nitrogens with two attached hydrogens (primary N) is 1. The molecule has 2 aromatic rings. The van der Waals surface area contributed by atoms with Gasteiger partial charge in [-0.15, -0.1) is 0 Å². The molecule has 72 valence electrons. The van der Waals surface area contributed by atoms with Gasteiger partial charge >= 0.3 is 0 Å². The second kappa shape index (κ2) is 3.81. The molecule has 1 heterocycles. The van der Waals surface area contributed by atoms with Gasteiger partial charge < -0.3 is 5.73 Å². The van der Waals surface area contributed by atoms with Crippen LogP contribution >= 0.6 is 0 Å². The van der Waals surface area contributed by atoms with E-state index in [4.69, 9.17) is 11.0 Å². The minimum Gasteiger partial charge on any atom is -0.396 e. The molecule has 0 aliphatic heterocycles. The van der Waals surface area contributed by atoms with E-state index in [0.717, 1.165) is 10.9 Å². The molecule has 15 heavy (non-hydrogen) atoms. The number of benzene rings is 1. The van der Waals surface area contributed by atoms with Gasteiger partial charge in [0.05, 0.1) is 23.0 Å². The molecule has 3 heteroatoms. The summed E-state index contributed by atoms with van der Waals surface area (Å²) in [5.74, 6) is 0. The van der Waals surface area contributed by atoms with Gasteiger partial charge in [-0.2, -0.15) is 5.26 Å². The molecule has 1 aromatic carbocycles. The number of para-hydroxylation sites is 1. The third-order valence-corrected chi connectivity index (χ3v) is 2.11. The quantitative estimate of drug-likeness (QED) is 0.708. The molecular weight excluding hydrogens is 186 g/mol. The summed E-state index contributed by atoms with van der Waals surface area (Å²) < 4.78 is 0. The van der Waals surface area contributed by atoms with Gasteiger partial charge in [0.1, 0.15) is 0 Å². The Labute approximate surface area is 87.5 Å². The molecule has 0 spiro atoms. The molecule has 0 saturated carbocycles. The van der Waals surface area contributed by atoms with Crippen LogP contribution in [0.4, 0.5) is 0 Å². The first-order chi connectivity index (χ1) is 7.31. The maximum Gasteiger partial charge on any atom is 0.0934 e. The summed E-state index contributed by atoms with van der Waals surface area (Å²) in [7, 11) is 0. The Kier molecular flexibility index (Phi) is 2.34. The standard InChI is InChI=1S/C12H9N3/c13-8-7-10(14)12-6-5-9-3-1-2-4-11(9)15-12/h1-7H,14H2/b10-7+. The first-order valence-corrected chi connectivity index (χ1v) is 4.52. The largest absolute Gasteiger partial charge is 0.396 e. The molecule has 3 nitrogen and oxygen atoms in total. The van der Waals surface area contributed by atoms with Crippen LogP contribution in [-0.2, 0) is 0 Å². The van der Waals surface area contributed by atoms with Crippen molar-refractivity contribution < 1.29 is 0 Å². The highest BCUT2D eigenvalue weighted by Gasteiger charge is 1.99. The average molecular weight is 195 g/mol. The molecule has 1 aromatic heterocycles. The van der Waals surface area contributed by atoms with Gasteiger partial charge in [-0.05, 0) is 12.1 Å². The highest BCUT2D eigenvalue weighted by molar-refractivity contribution is 5.80. The predicted molar refractivity (Wildman–Crippen MR) is 59.5 cm³/mol. The number of nitriles is 1. The number of allylic oxidation sites excluding steroid dienone is 1. The molecule has 0 fully saturated rings. The van der Waals surface area contributed by atoms with E-state index in [2.05, 4.69) is 4.98 Å². The normalized spacial score (nSPS) is 11.3. The van der Waals surface area contributed by atoms with Crippen LogP contribution in [0.25, 0.3) is 16.6 Å². The van der Waals surface area contributed by atoms with Crippen LogP contribution in [-0.4, -0.2) is 4.98 Å². The molecule has 0 aliphatic rings. The van der Waals surface area contributed by atoms with E-state index in [-0.39, 0.29) is 0 Å². The smallest absolute Gasteiger partial charge is 0.0934 e. The zero-order valence-corrected chi connectivity index (χ0v) is 8.01. The van der Waals surface area contributed by atoms with Crippen molar-refractivity contribution in [1.82, 2.24) is 4.98 Å². The zero-order chi connectivity index (χ0) is 10.7.